The highest BCUT2D eigenvalue weighted by atomic mass is 16.5. The Balaban J connectivity index is 2.17. The number of nitrogens with zero attached hydrogens (tertiary/aromatic N) is 1. The maximum atomic E-state index is 12.3. The lowest BCUT2D eigenvalue weighted by Crippen LogP contribution is -2.24. The van der Waals surface area contributed by atoms with E-state index < -0.39 is 0 Å². The van der Waals surface area contributed by atoms with Gasteiger partial charge in [0.2, 0.25) is 0 Å². The fourth-order valence-corrected chi connectivity index (χ4v) is 3.84. The van der Waals surface area contributed by atoms with Gasteiger partial charge in [-0.1, -0.05) is 0 Å². The van der Waals surface area contributed by atoms with Crippen molar-refractivity contribution >= 4 is 16.9 Å². The van der Waals surface area contributed by atoms with Gasteiger partial charge in [0.05, 0.1) is 25.3 Å². The molecule has 0 bridgehead atoms. The third-order valence-electron chi connectivity index (χ3n) is 5.20. The SMILES string of the molecule is COC(=O)c1c(C)n(C(C)C2CCOCC2)c2cc(OC)ccc12. The second-order valence-electron chi connectivity index (χ2n) is 6.40. The lowest BCUT2D eigenvalue weighted by atomic mass is 9.92. The molecule has 130 valence electrons. The predicted molar refractivity (Wildman–Crippen MR) is 92.8 cm³/mol. The first-order valence-electron chi connectivity index (χ1n) is 8.43. The number of aromatic nitrogens is 1. The number of fused-ring (bicyclic) bond motifs is 1. The zero-order chi connectivity index (χ0) is 17.3. The minimum Gasteiger partial charge on any atom is -0.497 e. The van der Waals surface area contributed by atoms with Crippen LogP contribution in [0.4, 0.5) is 0 Å². The molecule has 24 heavy (non-hydrogen) atoms. The molecule has 0 amide bonds. The minimum atomic E-state index is -0.291. The van der Waals surface area contributed by atoms with Crippen LogP contribution in [-0.2, 0) is 9.47 Å². The molecule has 3 rings (SSSR count). The summed E-state index contributed by atoms with van der Waals surface area (Å²) in [6.45, 7) is 5.83. The highest BCUT2D eigenvalue weighted by Gasteiger charge is 2.28. The number of hydrogen-bond donors (Lipinski definition) is 0. The van der Waals surface area contributed by atoms with Gasteiger partial charge in [-0.15, -0.1) is 0 Å². The second-order valence-corrected chi connectivity index (χ2v) is 6.40. The Morgan fingerprint density at radius 3 is 2.62 bits per heavy atom. The summed E-state index contributed by atoms with van der Waals surface area (Å²) >= 11 is 0. The quantitative estimate of drug-likeness (QED) is 0.801. The van der Waals surface area contributed by atoms with E-state index in [-0.39, 0.29) is 12.0 Å². The molecule has 2 heterocycles. The molecule has 1 unspecified atom stereocenters. The van der Waals surface area contributed by atoms with E-state index in [2.05, 4.69) is 11.5 Å². The predicted octanol–water partition coefficient (Wildman–Crippen LogP) is 3.73. The van der Waals surface area contributed by atoms with Gasteiger partial charge < -0.3 is 18.8 Å². The third kappa shape index (κ3) is 2.77. The van der Waals surface area contributed by atoms with E-state index in [0.717, 1.165) is 48.4 Å². The molecule has 2 aromatic rings. The zero-order valence-corrected chi connectivity index (χ0v) is 14.8. The van der Waals surface area contributed by atoms with Gasteiger partial charge in [0.1, 0.15) is 5.75 Å². The first-order valence-corrected chi connectivity index (χ1v) is 8.43. The Labute approximate surface area is 142 Å². The van der Waals surface area contributed by atoms with E-state index in [1.807, 2.05) is 25.1 Å². The summed E-state index contributed by atoms with van der Waals surface area (Å²) in [6.07, 6.45) is 2.08. The number of esters is 1. The average Bonchev–Trinajstić information content (AvgIpc) is 2.92. The largest absolute Gasteiger partial charge is 0.497 e. The average molecular weight is 331 g/mol. The van der Waals surface area contributed by atoms with Crippen molar-refractivity contribution in [1.29, 1.82) is 0 Å². The van der Waals surface area contributed by atoms with Gasteiger partial charge in [-0.25, -0.2) is 4.79 Å². The van der Waals surface area contributed by atoms with Gasteiger partial charge in [-0.3, -0.25) is 0 Å². The Hall–Kier alpha value is -2.01. The first-order chi connectivity index (χ1) is 11.6. The van der Waals surface area contributed by atoms with Crippen molar-refractivity contribution in [3.05, 3.63) is 29.5 Å². The molecule has 1 aromatic heterocycles. The highest BCUT2D eigenvalue weighted by Crippen LogP contribution is 2.36. The summed E-state index contributed by atoms with van der Waals surface area (Å²) in [5.41, 5.74) is 2.62. The molecule has 5 nitrogen and oxygen atoms in total. The van der Waals surface area contributed by atoms with Gasteiger partial charge >= 0.3 is 5.97 Å². The molecule has 0 saturated carbocycles. The van der Waals surface area contributed by atoms with E-state index in [1.54, 1.807) is 7.11 Å². The van der Waals surface area contributed by atoms with Gasteiger partial charge in [0.25, 0.3) is 0 Å². The standard InChI is InChI=1S/C19H25NO4/c1-12(14-7-9-24-10-8-14)20-13(2)18(19(21)23-4)16-6-5-15(22-3)11-17(16)20/h5-6,11-12,14H,7-10H2,1-4H3. The molecule has 0 spiro atoms. The van der Waals surface area contributed by atoms with Crippen LogP contribution >= 0.6 is 0 Å². The number of carbonyl (C=O) groups is 1. The molecule has 1 fully saturated rings. The highest BCUT2D eigenvalue weighted by molar-refractivity contribution is 6.06. The van der Waals surface area contributed by atoms with Gasteiger partial charge in [-0.05, 0) is 44.7 Å². The summed E-state index contributed by atoms with van der Waals surface area (Å²) in [4.78, 5) is 12.3. The van der Waals surface area contributed by atoms with Crippen LogP contribution in [0.5, 0.6) is 5.75 Å². The van der Waals surface area contributed by atoms with Crippen LogP contribution in [0.2, 0.25) is 0 Å². The summed E-state index contributed by atoms with van der Waals surface area (Å²) in [7, 11) is 3.08. The molecule has 1 aromatic carbocycles. The van der Waals surface area contributed by atoms with Crippen molar-refractivity contribution in [3.63, 3.8) is 0 Å². The normalized spacial score (nSPS) is 17.0. The molecule has 1 saturated heterocycles. The Morgan fingerprint density at radius 1 is 1.29 bits per heavy atom. The fourth-order valence-electron chi connectivity index (χ4n) is 3.84. The van der Waals surface area contributed by atoms with Gasteiger partial charge in [0.15, 0.2) is 0 Å². The number of hydrogen-bond acceptors (Lipinski definition) is 4. The van der Waals surface area contributed by atoms with Crippen molar-refractivity contribution in [2.75, 3.05) is 27.4 Å². The third-order valence-corrected chi connectivity index (χ3v) is 5.20. The molecule has 5 heteroatoms. The lowest BCUT2D eigenvalue weighted by molar-refractivity contribution is 0.0514. The Bertz CT molecular complexity index is 743. The first kappa shape index (κ1) is 16.8. The van der Waals surface area contributed by atoms with Crippen LogP contribution in [0.25, 0.3) is 10.9 Å². The maximum Gasteiger partial charge on any atom is 0.340 e. The molecule has 1 aliphatic rings. The topological polar surface area (TPSA) is 49.7 Å². The van der Waals surface area contributed by atoms with Crippen LogP contribution in [0.15, 0.2) is 18.2 Å². The van der Waals surface area contributed by atoms with Crippen LogP contribution in [0.1, 0.15) is 41.9 Å². The number of benzene rings is 1. The maximum absolute atomic E-state index is 12.3. The van der Waals surface area contributed by atoms with E-state index in [0.29, 0.717) is 11.5 Å². The molecule has 0 N–H and O–H groups in total. The zero-order valence-electron chi connectivity index (χ0n) is 14.8. The number of rotatable bonds is 4. The monoisotopic (exact) mass is 331 g/mol. The molecular weight excluding hydrogens is 306 g/mol. The van der Waals surface area contributed by atoms with Crippen molar-refractivity contribution in [1.82, 2.24) is 4.57 Å². The van der Waals surface area contributed by atoms with Crippen LogP contribution < -0.4 is 4.74 Å². The number of ether oxygens (including phenoxy) is 3. The van der Waals surface area contributed by atoms with E-state index in [1.165, 1.54) is 7.11 Å². The smallest absolute Gasteiger partial charge is 0.340 e. The van der Waals surface area contributed by atoms with Crippen LogP contribution in [0.3, 0.4) is 0 Å². The van der Waals surface area contributed by atoms with E-state index in [4.69, 9.17) is 14.2 Å². The number of carbonyl (C=O) groups excluding carboxylic acids is 1. The van der Waals surface area contributed by atoms with Crippen molar-refractivity contribution in [3.8, 4) is 5.75 Å². The van der Waals surface area contributed by atoms with Crippen molar-refractivity contribution in [2.45, 2.75) is 32.7 Å². The van der Waals surface area contributed by atoms with Gasteiger partial charge in [-0.2, -0.15) is 0 Å². The van der Waals surface area contributed by atoms with E-state index >= 15 is 0 Å². The lowest BCUT2D eigenvalue weighted by Gasteiger charge is -2.30. The second kappa shape index (κ2) is 6.85. The number of methoxy groups -OCH3 is 2. The van der Waals surface area contributed by atoms with Crippen molar-refractivity contribution in [2.24, 2.45) is 5.92 Å². The molecule has 1 aliphatic heterocycles. The Kier molecular flexibility index (Phi) is 4.81. The van der Waals surface area contributed by atoms with Crippen molar-refractivity contribution < 1.29 is 19.0 Å². The minimum absolute atomic E-state index is 0.280. The molecule has 1 atom stereocenters. The van der Waals surface area contributed by atoms with Crippen LogP contribution in [0, 0.1) is 12.8 Å². The summed E-state index contributed by atoms with van der Waals surface area (Å²) < 4.78 is 18.2. The summed E-state index contributed by atoms with van der Waals surface area (Å²) in [6, 6.07) is 6.12. The summed E-state index contributed by atoms with van der Waals surface area (Å²) in [5.74, 6) is 1.03. The molecular formula is C19H25NO4. The van der Waals surface area contributed by atoms with Crippen LogP contribution in [-0.4, -0.2) is 38.0 Å². The molecule has 0 radical (unpaired) electrons. The Morgan fingerprint density at radius 2 is 2.00 bits per heavy atom. The van der Waals surface area contributed by atoms with E-state index in [9.17, 15) is 4.79 Å². The summed E-state index contributed by atoms with van der Waals surface area (Å²) in [5, 5.41) is 0.916. The fraction of sp³-hybridized carbons (Fsp3) is 0.526. The molecule has 0 aliphatic carbocycles. The van der Waals surface area contributed by atoms with Gasteiger partial charge in [0, 0.05) is 36.4 Å².